The zero-order valence-electron chi connectivity index (χ0n) is 39.7. The summed E-state index contributed by atoms with van der Waals surface area (Å²) in [5.41, 5.74) is 4.77. The molecule has 0 saturated heterocycles. The predicted molar refractivity (Wildman–Crippen MR) is 268 cm³/mol. The molecule has 1 unspecified atom stereocenters. The van der Waals surface area contributed by atoms with Gasteiger partial charge in [-0.15, -0.1) is 0 Å². The molecular weight excluding hydrogens is 950 g/mol. The van der Waals surface area contributed by atoms with E-state index in [4.69, 9.17) is 18.7 Å². The topological polar surface area (TPSA) is 256 Å². The molecule has 2 atom stereocenters. The van der Waals surface area contributed by atoms with E-state index in [-0.39, 0.29) is 67.1 Å². The van der Waals surface area contributed by atoms with Gasteiger partial charge in [0.25, 0.3) is 23.6 Å². The largest absolute Gasteiger partial charge is 0.493 e. The van der Waals surface area contributed by atoms with Crippen LogP contribution in [0, 0.1) is 0 Å². The molecule has 0 saturated carbocycles. The van der Waals surface area contributed by atoms with Crippen molar-refractivity contribution in [2.75, 3.05) is 60.0 Å². The Kier molecular flexibility index (Phi) is 13.7. The number of amides is 4. The van der Waals surface area contributed by atoms with E-state index in [9.17, 15) is 33.4 Å². The number of carbonyl (C=O) groups is 5. The van der Waals surface area contributed by atoms with Gasteiger partial charge in [-0.2, -0.15) is 0 Å². The Morgan fingerprint density at radius 3 is 2.33 bits per heavy atom. The number of carbonyl (C=O) groups excluding carboxylic acids is 5. The number of ether oxygens (including phenoxy) is 3. The quantitative estimate of drug-likeness (QED) is 0.0454. The lowest BCUT2D eigenvalue weighted by atomic mass is 10.1. The van der Waals surface area contributed by atoms with E-state index < -0.39 is 25.5 Å². The van der Waals surface area contributed by atoms with Gasteiger partial charge in [-0.05, 0) is 60.5 Å². The van der Waals surface area contributed by atoms with Gasteiger partial charge in [-0.3, -0.25) is 48.0 Å². The Bertz CT molecular complexity index is 3370. The van der Waals surface area contributed by atoms with Gasteiger partial charge in [0.15, 0.2) is 17.3 Å². The lowest BCUT2D eigenvalue weighted by molar-refractivity contribution is -0.116. The standard InChI is InChI=1S/C49H50N11O11P/c1-56-26-32(21-39(56)46(62)51-33-22-40(57(2)27-33)49(65)59-15-14-30-19-31(12-13-37(30)59)55-72(66,67)71-18-17-68-4)52-47(63)45-54-43(28-58(45)3)53-44(61)11-8-16-70-42-24-36-35(23-41(42)69-5)48(64)60-34(25-50-36)20-29-9-6-7-10-38(29)60/h6-7,9-10,12-15,19,21-28,34H,8,11,16-18,20H2,1-5H3,(H,51,62)(H,52,63)(H,53,61)(H2,55,66,67)/t34-/m0/s1. The van der Waals surface area contributed by atoms with Crippen LogP contribution in [0.5, 0.6) is 11.5 Å². The number of para-hydroxylation sites is 1. The molecule has 3 aromatic carbocycles. The van der Waals surface area contributed by atoms with Gasteiger partial charge >= 0.3 is 7.75 Å². The second-order valence-electron chi connectivity index (χ2n) is 17.0. The molecule has 4 amide bonds. The number of methoxy groups -OCH3 is 2. The molecule has 2 aliphatic rings. The molecule has 0 spiro atoms. The van der Waals surface area contributed by atoms with Crippen molar-refractivity contribution in [3.63, 3.8) is 0 Å². The van der Waals surface area contributed by atoms with E-state index in [1.807, 2.05) is 24.3 Å². The summed E-state index contributed by atoms with van der Waals surface area (Å²) in [4.78, 5) is 88.2. The zero-order chi connectivity index (χ0) is 50.8. The maximum Gasteiger partial charge on any atom is 0.430 e. The minimum atomic E-state index is -4.16. The highest BCUT2D eigenvalue weighted by Gasteiger charge is 2.36. The minimum Gasteiger partial charge on any atom is -0.493 e. The maximum atomic E-state index is 13.7. The van der Waals surface area contributed by atoms with E-state index in [0.29, 0.717) is 63.6 Å². The molecule has 7 aromatic rings. The van der Waals surface area contributed by atoms with E-state index >= 15 is 0 Å². The van der Waals surface area contributed by atoms with Gasteiger partial charge in [-0.25, -0.2) is 9.55 Å². The van der Waals surface area contributed by atoms with Gasteiger partial charge < -0.3 is 48.8 Å². The fraction of sp³-hybridized carbons (Fsp3) is 0.245. The van der Waals surface area contributed by atoms with Crippen molar-refractivity contribution in [2.45, 2.75) is 25.3 Å². The fourth-order valence-corrected chi connectivity index (χ4v) is 9.44. The van der Waals surface area contributed by atoms with E-state index in [1.54, 1.807) is 91.8 Å². The molecular formula is C49H50N11O11P. The van der Waals surface area contributed by atoms with Crippen molar-refractivity contribution in [3.8, 4) is 11.5 Å². The predicted octanol–water partition coefficient (Wildman–Crippen LogP) is 6.51. The number of rotatable bonds is 18. The molecule has 0 aliphatic carbocycles. The first-order chi connectivity index (χ1) is 34.6. The summed E-state index contributed by atoms with van der Waals surface area (Å²) in [6.45, 7) is 0.220. The van der Waals surface area contributed by atoms with Crippen molar-refractivity contribution in [1.82, 2.24) is 23.3 Å². The van der Waals surface area contributed by atoms with Crippen molar-refractivity contribution in [3.05, 3.63) is 126 Å². The maximum absolute atomic E-state index is 13.7. The van der Waals surface area contributed by atoms with Crippen LogP contribution in [0.15, 0.2) is 103 Å². The SMILES string of the molecule is COCCOP(=O)(O)Nc1ccc2c(ccn2C(=O)c2cc(NC(=O)c3cc(NC(=O)c4nc(NC(=O)CCCOc5cc6c(cc5OC)C(=O)N5c7ccccc7C[C@H]5C=N6)cn4C)cn3C)cn2C)c1. The highest BCUT2D eigenvalue weighted by atomic mass is 31.2. The summed E-state index contributed by atoms with van der Waals surface area (Å²) in [6.07, 6.45) is 9.08. The summed E-state index contributed by atoms with van der Waals surface area (Å²) in [5.74, 6) is -1.12. The van der Waals surface area contributed by atoms with Gasteiger partial charge in [0.05, 0.1) is 61.1 Å². The molecule has 0 radical (unpaired) electrons. The van der Waals surface area contributed by atoms with Gasteiger partial charge in [0.1, 0.15) is 11.4 Å². The molecule has 372 valence electrons. The van der Waals surface area contributed by atoms with Crippen LogP contribution in [0.1, 0.15) is 60.4 Å². The van der Waals surface area contributed by atoms with E-state index in [2.05, 4.69) is 31.0 Å². The number of nitrogens with zero attached hydrogens (tertiary/aromatic N) is 7. The number of benzene rings is 3. The molecule has 22 nitrogen and oxygen atoms in total. The third-order valence-corrected chi connectivity index (χ3v) is 13.1. The molecule has 4 aromatic heterocycles. The summed E-state index contributed by atoms with van der Waals surface area (Å²) in [6, 6.07) is 20.4. The number of nitrogens with one attached hydrogen (secondary N) is 4. The number of hydrogen-bond acceptors (Lipinski definition) is 12. The van der Waals surface area contributed by atoms with Crippen LogP contribution >= 0.6 is 7.75 Å². The summed E-state index contributed by atoms with van der Waals surface area (Å²) >= 11 is 0. The summed E-state index contributed by atoms with van der Waals surface area (Å²) < 4.78 is 39.8. The number of aliphatic imine (C=N–C) groups is 1. The van der Waals surface area contributed by atoms with E-state index in [0.717, 1.165) is 11.3 Å². The third-order valence-electron chi connectivity index (χ3n) is 12.0. The Morgan fingerprint density at radius 1 is 0.806 bits per heavy atom. The van der Waals surface area contributed by atoms with Gasteiger partial charge in [0, 0.05) is 94.9 Å². The second kappa shape index (κ2) is 20.2. The zero-order valence-corrected chi connectivity index (χ0v) is 40.6. The number of hydrogen-bond donors (Lipinski definition) is 5. The number of imidazole rings is 1. The van der Waals surface area contributed by atoms with Gasteiger partial charge in [0.2, 0.25) is 11.7 Å². The first-order valence-electron chi connectivity index (χ1n) is 22.6. The van der Waals surface area contributed by atoms with Crippen LogP contribution in [0.25, 0.3) is 10.9 Å². The Morgan fingerprint density at radius 2 is 1.56 bits per heavy atom. The Hall–Kier alpha value is -8.30. The summed E-state index contributed by atoms with van der Waals surface area (Å²) in [7, 11) is 3.69. The monoisotopic (exact) mass is 999 g/mol. The van der Waals surface area contributed by atoms with Crippen LogP contribution in [-0.2, 0) is 46.2 Å². The van der Waals surface area contributed by atoms with Crippen LogP contribution in [0.4, 0.5) is 34.3 Å². The number of fused-ring (bicyclic) bond motifs is 5. The number of anilines is 5. The molecule has 23 heteroatoms. The Balaban J connectivity index is 0.763. The molecule has 6 heterocycles. The molecule has 0 fully saturated rings. The number of aromatic nitrogens is 5. The van der Waals surface area contributed by atoms with Crippen LogP contribution in [0.3, 0.4) is 0 Å². The van der Waals surface area contributed by atoms with Gasteiger partial charge in [-0.1, -0.05) is 18.2 Å². The lowest BCUT2D eigenvalue weighted by Crippen LogP contribution is -2.37. The highest BCUT2D eigenvalue weighted by molar-refractivity contribution is 7.54. The molecule has 5 N–H and O–H groups in total. The van der Waals surface area contributed by atoms with Crippen molar-refractivity contribution in [2.24, 2.45) is 26.1 Å². The molecule has 72 heavy (non-hydrogen) atoms. The highest BCUT2D eigenvalue weighted by Crippen LogP contribution is 2.43. The summed E-state index contributed by atoms with van der Waals surface area (Å²) in [5, 5.41) is 11.4. The molecule has 0 bridgehead atoms. The molecule has 9 rings (SSSR count). The first-order valence-corrected chi connectivity index (χ1v) is 24.2. The van der Waals surface area contributed by atoms with Crippen molar-refractivity contribution < 1.29 is 52.2 Å². The third kappa shape index (κ3) is 10.1. The van der Waals surface area contributed by atoms with Crippen LogP contribution < -0.4 is 35.4 Å². The second-order valence-corrected chi connectivity index (χ2v) is 18.5. The van der Waals surface area contributed by atoms with Crippen LogP contribution in [-0.4, -0.2) is 104 Å². The Labute approximate surface area is 411 Å². The average Bonchev–Trinajstić information content (AvgIpc) is 4.17. The van der Waals surface area contributed by atoms with E-state index in [1.165, 1.54) is 46.3 Å². The van der Waals surface area contributed by atoms with Crippen molar-refractivity contribution >= 4 is 88.7 Å². The normalized spacial score (nSPS) is 14.5. The molecule has 2 aliphatic heterocycles. The number of aryl methyl sites for hydroxylation is 3. The average molecular weight is 1000 g/mol. The van der Waals surface area contributed by atoms with Crippen molar-refractivity contribution in [1.29, 1.82) is 0 Å². The smallest absolute Gasteiger partial charge is 0.430 e. The minimum absolute atomic E-state index is 0.00192. The lowest BCUT2D eigenvalue weighted by Gasteiger charge is -2.22. The van der Waals surface area contributed by atoms with Crippen LogP contribution in [0.2, 0.25) is 0 Å². The first kappa shape index (κ1) is 48.7. The fourth-order valence-electron chi connectivity index (χ4n) is 8.59.